The zero-order chi connectivity index (χ0) is 17.6. The summed E-state index contributed by atoms with van der Waals surface area (Å²) in [7, 11) is 0. The van der Waals surface area contributed by atoms with E-state index in [-0.39, 0.29) is 5.91 Å². The van der Waals surface area contributed by atoms with E-state index in [0.717, 1.165) is 31.5 Å². The van der Waals surface area contributed by atoms with Gasteiger partial charge in [0.15, 0.2) is 6.61 Å². The molecule has 0 aromatic heterocycles. The van der Waals surface area contributed by atoms with Gasteiger partial charge in [0.05, 0.1) is 0 Å². The van der Waals surface area contributed by atoms with Gasteiger partial charge in [0.25, 0.3) is 0 Å². The molecule has 1 aliphatic heterocycles. The molecule has 5 nitrogen and oxygen atoms in total. The normalized spacial score (nSPS) is 14.5. The first-order chi connectivity index (χ1) is 11.3. The van der Waals surface area contributed by atoms with Crippen molar-refractivity contribution < 1.29 is 27.5 Å². The van der Waals surface area contributed by atoms with Crippen molar-refractivity contribution in [2.75, 3.05) is 25.0 Å². The van der Waals surface area contributed by atoms with Crippen molar-refractivity contribution in [3.8, 4) is 0 Å². The van der Waals surface area contributed by atoms with Gasteiger partial charge in [-0.2, -0.15) is 13.2 Å². The molecular formula is C16H19F3N2O3. The maximum atomic E-state index is 11.9. The molecule has 0 unspecified atom stereocenters. The molecule has 24 heavy (non-hydrogen) atoms. The third-order valence-corrected chi connectivity index (χ3v) is 3.65. The van der Waals surface area contributed by atoms with Crippen molar-refractivity contribution in [3.05, 3.63) is 29.8 Å². The first-order valence-electron chi connectivity index (χ1n) is 7.71. The summed E-state index contributed by atoms with van der Waals surface area (Å²) in [5.74, 6) is 0.130. The zero-order valence-corrected chi connectivity index (χ0v) is 13.1. The number of benzene rings is 1. The Kier molecular flexibility index (Phi) is 6.05. The van der Waals surface area contributed by atoms with Gasteiger partial charge in [0, 0.05) is 25.2 Å². The predicted octanol–water partition coefficient (Wildman–Crippen LogP) is 3.35. The Labute approximate surface area is 137 Å². The molecule has 1 saturated heterocycles. The first kappa shape index (κ1) is 18.1. The smallest absolute Gasteiger partial charge is 0.422 e. The van der Waals surface area contributed by atoms with Crippen LogP contribution in [0.15, 0.2) is 24.3 Å². The van der Waals surface area contributed by atoms with Gasteiger partial charge in [-0.05, 0) is 37.0 Å². The third kappa shape index (κ3) is 6.10. The molecule has 0 aliphatic carbocycles. The highest BCUT2D eigenvalue weighted by Crippen LogP contribution is 2.16. The van der Waals surface area contributed by atoms with Gasteiger partial charge in [-0.1, -0.05) is 12.1 Å². The fraction of sp³-hybridized carbons (Fsp3) is 0.500. The van der Waals surface area contributed by atoms with Crippen LogP contribution in [0.3, 0.4) is 0 Å². The van der Waals surface area contributed by atoms with Crippen LogP contribution in [0.2, 0.25) is 0 Å². The van der Waals surface area contributed by atoms with Gasteiger partial charge in [0.1, 0.15) is 0 Å². The first-order valence-corrected chi connectivity index (χ1v) is 7.71. The Morgan fingerprint density at radius 1 is 1.12 bits per heavy atom. The summed E-state index contributed by atoms with van der Waals surface area (Å²) in [6.07, 6.45) is -2.62. The second kappa shape index (κ2) is 8.03. The van der Waals surface area contributed by atoms with E-state index in [1.54, 1.807) is 24.3 Å². The number of nitrogens with one attached hydrogen (secondary N) is 1. The molecule has 1 fully saturated rings. The molecule has 0 spiro atoms. The molecule has 132 valence electrons. The summed E-state index contributed by atoms with van der Waals surface area (Å²) in [5, 5.41) is 2.22. The highest BCUT2D eigenvalue weighted by atomic mass is 19.4. The topological polar surface area (TPSA) is 58.6 Å². The van der Waals surface area contributed by atoms with Crippen molar-refractivity contribution in [1.82, 2.24) is 4.90 Å². The van der Waals surface area contributed by atoms with Crippen LogP contribution in [-0.4, -0.2) is 42.8 Å². The molecular weight excluding hydrogens is 325 g/mol. The number of halogens is 3. The molecule has 1 N–H and O–H groups in total. The van der Waals surface area contributed by atoms with Gasteiger partial charge in [-0.15, -0.1) is 0 Å². The number of aryl methyl sites for hydroxylation is 1. The third-order valence-electron chi connectivity index (χ3n) is 3.65. The number of hydrogen-bond acceptors (Lipinski definition) is 3. The van der Waals surface area contributed by atoms with Gasteiger partial charge >= 0.3 is 12.3 Å². The van der Waals surface area contributed by atoms with Crippen molar-refractivity contribution in [1.29, 1.82) is 0 Å². The molecule has 8 heteroatoms. The summed E-state index contributed by atoms with van der Waals surface area (Å²) in [4.78, 5) is 25.0. The van der Waals surface area contributed by atoms with Crippen molar-refractivity contribution in [2.24, 2.45) is 0 Å². The molecule has 0 radical (unpaired) electrons. The van der Waals surface area contributed by atoms with Crippen LogP contribution in [0.4, 0.5) is 23.7 Å². The lowest BCUT2D eigenvalue weighted by molar-refractivity contribution is -0.159. The molecule has 2 amide bonds. The number of likely N-dealkylation sites (tertiary alicyclic amines) is 1. The summed E-state index contributed by atoms with van der Waals surface area (Å²) < 4.78 is 39.9. The minimum absolute atomic E-state index is 0.130. The van der Waals surface area contributed by atoms with E-state index in [1.165, 1.54) is 0 Å². The Bertz CT molecular complexity index is 567. The number of rotatable bonds is 5. The number of ether oxygens (including phenoxy) is 1. The lowest BCUT2D eigenvalue weighted by Crippen LogP contribution is -2.27. The molecule has 1 aliphatic rings. The summed E-state index contributed by atoms with van der Waals surface area (Å²) >= 11 is 0. The predicted molar refractivity (Wildman–Crippen MR) is 81.6 cm³/mol. The summed E-state index contributed by atoms with van der Waals surface area (Å²) in [5.41, 5.74) is 1.24. The van der Waals surface area contributed by atoms with Crippen molar-refractivity contribution >= 4 is 17.7 Å². The molecule has 1 aromatic carbocycles. The molecule has 1 aromatic rings. The highest BCUT2D eigenvalue weighted by molar-refractivity contribution is 5.84. The van der Waals surface area contributed by atoms with Crippen LogP contribution in [0, 0.1) is 0 Å². The second-order valence-electron chi connectivity index (χ2n) is 5.60. The average molecular weight is 344 g/mol. The van der Waals surface area contributed by atoms with Gasteiger partial charge in [0.2, 0.25) is 5.91 Å². The van der Waals surface area contributed by atoms with E-state index in [1.807, 2.05) is 4.90 Å². The monoisotopic (exact) mass is 344 g/mol. The maximum Gasteiger partial charge on any atom is 0.422 e. The number of anilines is 1. The van der Waals surface area contributed by atoms with Crippen molar-refractivity contribution in [2.45, 2.75) is 31.9 Å². The van der Waals surface area contributed by atoms with Crippen LogP contribution < -0.4 is 5.32 Å². The van der Waals surface area contributed by atoms with Crippen LogP contribution in [-0.2, 0) is 16.0 Å². The number of carbonyl (C=O) groups is 2. The number of carbonyl (C=O) groups excluding carboxylic acids is 2. The van der Waals surface area contributed by atoms with E-state index < -0.39 is 18.9 Å². The minimum atomic E-state index is -4.55. The van der Waals surface area contributed by atoms with Crippen LogP contribution in [0.1, 0.15) is 24.8 Å². The van der Waals surface area contributed by atoms with E-state index >= 15 is 0 Å². The van der Waals surface area contributed by atoms with Crippen LogP contribution in [0.5, 0.6) is 0 Å². The zero-order valence-electron chi connectivity index (χ0n) is 13.1. The molecule has 1 heterocycles. The number of hydrogen-bond donors (Lipinski definition) is 1. The van der Waals surface area contributed by atoms with Crippen LogP contribution >= 0.6 is 0 Å². The Hall–Kier alpha value is -2.25. The minimum Gasteiger partial charge on any atom is -0.440 e. The Morgan fingerprint density at radius 2 is 1.75 bits per heavy atom. The number of nitrogens with zero attached hydrogens (tertiary/aromatic N) is 1. The fourth-order valence-electron chi connectivity index (χ4n) is 2.43. The van der Waals surface area contributed by atoms with E-state index in [9.17, 15) is 22.8 Å². The van der Waals surface area contributed by atoms with Gasteiger partial charge in [-0.3, -0.25) is 10.1 Å². The average Bonchev–Trinajstić information content (AvgIpc) is 3.06. The Morgan fingerprint density at radius 3 is 2.33 bits per heavy atom. The lowest BCUT2D eigenvalue weighted by atomic mass is 10.1. The summed E-state index contributed by atoms with van der Waals surface area (Å²) in [6.45, 7) is 0.0129. The second-order valence-corrected chi connectivity index (χ2v) is 5.60. The SMILES string of the molecule is O=C(Nc1ccc(CCC(=O)N2CCCC2)cc1)OCC(F)(F)F. The van der Waals surface area contributed by atoms with Crippen molar-refractivity contribution in [3.63, 3.8) is 0 Å². The quantitative estimate of drug-likeness (QED) is 0.891. The van der Waals surface area contributed by atoms with E-state index in [4.69, 9.17) is 0 Å². The highest BCUT2D eigenvalue weighted by Gasteiger charge is 2.29. The standard InChI is InChI=1S/C16H19F3N2O3/c17-16(18,19)11-24-15(23)20-13-6-3-12(4-7-13)5-8-14(22)21-9-1-2-10-21/h3-4,6-7H,1-2,5,8-11H2,(H,20,23). The molecule has 0 atom stereocenters. The molecule has 2 rings (SSSR count). The number of amides is 2. The molecule has 0 saturated carbocycles. The van der Waals surface area contributed by atoms with Gasteiger partial charge in [-0.25, -0.2) is 4.79 Å². The lowest BCUT2D eigenvalue weighted by Gasteiger charge is -2.15. The van der Waals surface area contributed by atoms with E-state index in [2.05, 4.69) is 10.1 Å². The number of alkyl halides is 3. The van der Waals surface area contributed by atoms with E-state index in [0.29, 0.717) is 18.5 Å². The van der Waals surface area contributed by atoms with Crippen LogP contribution in [0.25, 0.3) is 0 Å². The summed E-state index contributed by atoms with van der Waals surface area (Å²) in [6, 6.07) is 6.56. The Balaban J connectivity index is 1.75. The maximum absolute atomic E-state index is 11.9. The fourth-order valence-corrected chi connectivity index (χ4v) is 2.43. The van der Waals surface area contributed by atoms with Gasteiger partial charge < -0.3 is 9.64 Å². The molecule has 0 bridgehead atoms. The largest absolute Gasteiger partial charge is 0.440 e.